The highest BCUT2D eigenvalue weighted by molar-refractivity contribution is 5.69. The first-order chi connectivity index (χ1) is 10.6. The smallest absolute Gasteiger partial charge is 0.408 e. The van der Waals surface area contributed by atoms with Gasteiger partial charge in [-0.25, -0.2) is 9.78 Å². The highest BCUT2D eigenvalue weighted by Crippen LogP contribution is 2.25. The minimum atomic E-state index is -0.667. The summed E-state index contributed by atoms with van der Waals surface area (Å²) in [7, 11) is 0. The van der Waals surface area contributed by atoms with E-state index in [1.165, 1.54) is 0 Å². The predicted molar refractivity (Wildman–Crippen MR) is 91.2 cm³/mol. The summed E-state index contributed by atoms with van der Waals surface area (Å²) in [5, 5.41) is 2.87. The van der Waals surface area contributed by atoms with Gasteiger partial charge >= 0.3 is 6.09 Å². The number of alkyl carbamates (subject to hydrolysis) is 1. The molecule has 0 saturated heterocycles. The van der Waals surface area contributed by atoms with Crippen molar-refractivity contribution in [3.05, 3.63) is 41.9 Å². The molecule has 0 saturated carbocycles. The number of H-pyrrole nitrogens is 1. The number of aromatic amines is 1. The lowest BCUT2D eigenvalue weighted by Gasteiger charge is -2.27. The van der Waals surface area contributed by atoms with Gasteiger partial charge in [-0.15, -0.1) is 0 Å². The molecule has 1 heterocycles. The summed E-state index contributed by atoms with van der Waals surface area (Å²) in [6.45, 7) is 11.3. The highest BCUT2D eigenvalue weighted by Gasteiger charge is 2.29. The van der Waals surface area contributed by atoms with Crippen LogP contribution >= 0.6 is 0 Å². The van der Waals surface area contributed by atoms with Crippen LogP contribution in [0.5, 0.6) is 0 Å². The van der Waals surface area contributed by atoms with Crippen LogP contribution in [0.1, 0.15) is 46.1 Å². The molecule has 0 spiro atoms. The number of carbonyl (C=O) groups excluding carboxylic acids is 1. The lowest BCUT2D eigenvalue weighted by atomic mass is 10.1. The van der Waals surface area contributed by atoms with E-state index in [9.17, 15) is 4.79 Å². The number of nitrogens with one attached hydrogen (secondary N) is 2. The second-order valence-corrected chi connectivity index (χ2v) is 7.18. The number of imidazole rings is 1. The number of amides is 1. The molecule has 2 rings (SSSR count). The first kappa shape index (κ1) is 17.1. The van der Waals surface area contributed by atoms with Crippen molar-refractivity contribution in [1.29, 1.82) is 0 Å². The van der Waals surface area contributed by atoms with Gasteiger partial charge in [0.15, 0.2) is 0 Å². The highest BCUT2D eigenvalue weighted by atomic mass is 16.6. The van der Waals surface area contributed by atoms with Crippen molar-refractivity contribution in [3.8, 4) is 11.3 Å². The third-order valence-electron chi connectivity index (χ3n) is 3.34. The number of benzene rings is 1. The Morgan fingerprint density at radius 2 is 1.74 bits per heavy atom. The molecule has 0 aliphatic heterocycles. The fourth-order valence-corrected chi connectivity index (χ4v) is 2.25. The number of nitrogens with zero attached hydrogens (tertiary/aromatic N) is 1. The standard InChI is InChI=1S/C18H25N3O2/c1-12-14(13-10-8-7-9-11-13)20-15(19-12)18(5,6)21-16(22)23-17(2,3)4/h7-11H,1-6H3,(H,19,20)(H,21,22). The van der Waals surface area contributed by atoms with Crippen LogP contribution in [0.15, 0.2) is 30.3 Å². The van der Waals surface area contributed by atoms with Crippen LogP contribution in [0.25, 0.3) is 11.3 Å². The van der Waals surface area contributed by atoms with E-state index in [0.29, 0.717) is 5.82 Å². The van der Waals surface area contributed by atoms with Gasteiger partial charge in [0.2, 0.25) is 0 Å². The molecular formula is C18H25N3O2. The average molecular weight is 315 g/mol. The molecule has 124 valence electrons. The lowest BCUT2D eigenvalue weighted by Crippen LogP contribution is -2.44. The first-order valence-electron chi connectivity index (χ1n) is 7.72. The Kier molecular flexibility index (Phi) is 4.50. The summed E-state index contributed by atoms with van der Waals surface area (Å²) in [6.07, 6.45) is -0.460. The van der Waals surface area contributed by atoms with Gasteiger partial charge in [0.1, 0.15) is 11.4 Å². The van der Waals surface area contributed by atoms with E-state index in [1.54, 1.807) is 0 Å². The van der Waals surface area contributed by atoms with Crippen LogP contribution in [0.4, 0.5) is 4.79 Å². The van der Waals surface area contributed by atoms with E-state index >= 15 is 0 Å². The monoisotopic (exact) mass is 315 g/mol. The zero-order valence-electron chi connectivity index (χ0n) is 14.7. The molecular weight excluding hydrogens is 290 g/mol. The molecule has 23 heavy (non-hydrogen) atoms. The SMILES string of the molecule is Cc1[nH]c(C(C)(C)NC(=O)OC(C)(C)C)nc1-c1ccccc1. The fourth-order valence-electron chi connectivity index (χ4n) is 2.25. The van der Waals surface area contributed by atoms with Crippen LogP contribution in [0, 0.1) is 6.92 Å². The average Bonchev–Trinajstić information content (AvgIpc) is 2.80. The zero-order valence-corrected chi connectivity index (χ0v) is 14.7. The third kappa shape index (κ3) is 4.34. The zero-order chi connectivity index (χ0) is 17.3. The van der Waals surface area contributed by atoms with E-state index in [4.69, 9.17) is 4.74 Å². The maximum atomic E-state index is 12.0. The van der Waals surface area contributed by atoms with Gasteiger partial charge < -0.3 is 15.0 Å². The van der Waals surface area contributed by atoms with Crippen LogP contribution in [0.2, 0.25) is 0 Å². The van der Waals surface area contributed by atoms with Gasteiger partial charge in [-0.1, -0.05) is 30.3 Å². The van der Waals surface area contributed by atoms with Crippen LogP contribution < -0.4 is 5.32 Å². The number of aromatic nitrogens is 2. The molecule has 0 radical (unpaired) electrons. The van der Waals surface area contributed by atoms with Crippen molar-refractivity contribution >= 4 is 6.09 Å². The quantitative estimate of drug-likeness (QED) is 0.894. The molecule has 0 aliphatic rings. The maximum Gasteiger partial charge on any atom is 0.408 e. The van der Waals surface area contributed by atoms with Crippen molar-refractivity contribution in [1.82, 2.24) is 15.3 Å². The number of carbonyl (C=O) groups is 1. The minimum Gasteiger partial charge on any atom is -0.444 e. The molecule has 0 atom stereocenters. The number of hydrogen-bond donors (Lipinski definition) is 2. The molecule has 1 amide bonds. The molecule has 1 aromatic carbocycles. The molecule has 2 aromatic rings. The lowest BCUT2D eigenvalue weighted by molar-refractivity contribution is 0.0466. The summed E-state index contributed by atoms with van der Waals surface area (Å²) in [5.74, 6) is 0.694. The Bertz CT molecular complexity index is 682. The van der Waals surface area contributed by atoms with Gasteiger partial charge in [-0.2, -0.15) is 0 Å². The van der Waals surface area contributed by atoms with Crippen molar-refractivity contribution in [3.63, 3.8) is 0 Å². The van der Waals surface area contributed by atoms with Crippen molar-refractivity contribution in [2.45, 2.75) is 52.7 Å². The van der Waals surface area contributed by atoms with E-state index in [0.717, 1.165) is 17.0 Å². The second kappa shape index (κ2) is 6.07. The van der Waals surface area contributed by atoms with Crippen molar-refractivity contribution < 1.29 is 9.53 Å². The van der Waals surface area contributed by atoms with Gasteiger partial charge in [-0.3, -0.25) is 0 Å². The minimum absolute atomic E-state index is 0.460. The molecule has 1 aromatic heterocycles. The Balaban J connectivity index is 2.22. The van der Waals surface area contributed by atoms with Gasteiger partial charge in [0.05, 0.1) is 11.2 Å². The number of ether oxygens (including phenoxy) is 1. The van der Waals surface area contributed by atoms with Crippen molar-refractivity contribution in [2.24, 2.45) is 0 Å². The summed E-state index contributed by atoms with van der Waals surface area (Å²) < 4.78 is 5.33. The molecule has 0 aliphatic carbocycles. The van der Waals surface area contributed by atoms with Crippen LogP contribution in [-0.2, 0) is 10.3 Å². The molecule has 5 nitrogen and oxygen atoms in total. The second-order valence-electron chi connectivity index (χ2n) is 7.18. The van der Waals surface area contributed by atoms with Gasteiger partial charge in [-0.05, 0) is 41.5 Å². The fraction of sp³-hybridized carbons (Fsp3) is 0.444. The van der Waals surface area contributed by atoms with Gasteiger partial charge in [0.25, 0.3) is 0 Å². The largest absolute Gasteiger partial charge is 0.444 e. The Hall–Kier alpha value is -2.30. The molecule has 5 heteroatoms. The maximum absolute atomic E-state index is 12.0. The first-order valence-corrected chi connectivity index (χ1v) is 7.72. The molecule has 2 N–H and O–H groups in total. The number of aryl methyl sites for hydroxylation is 1. The van der Waals surface area contributed by atoms with E-state index in [1.807, 2.05) is 71.9 Å². The van der Waals surface area contributed by atoms with Gasteiger partial charge in [0, 0.05) is 11.3 Å². The predicted octanol–water partition coefficient (Wildman–Crippen LogP) is 4.14. The summed E-state index contributed by atoms with van der Waals surface area (Å²) >= 11 is 0. The van der Waals surface area contributed by atoms with Crippen LogP contribution in [-0.4, -0.2) is 21.7 Å². The molecule has 0 unspecified atom stereocenters. The summed E-state index contributed by atoms with van der Waals surface area (Å²) in [4.78, 5) is 20.0. The molecule has 0 bridgehead atoms. The number of rotatable bonds is 3. The Labute approximate surface area is 137 Å². The van der Waals surface area contributed by atoms with E-state index < -0.39 is 17.2 Å². The summed E-state index contributed by atoms with van der Waals surface area (Å²) in [6, 6.07) is 9.96. The normalized spacial score (nSPS) is 12.1. The van der Waals surface area contributed by atoms with E-state index in [-0.39, 0.29) is 0 Å². The Morgan fingerprint density at radius 1 is 1.13 bits per heavy atom. The van der Waals surface area contributed by atoms with E-state index in [2.05, 4.69) is 15.3 Å². The topological polar surface area (TPSA) is 67.0 Å². The van der Waals surface area contributed by atoms with Crippen molar-refractivity contribution in [2.75, 3.05) is 0 Å². The van der Waals surface area contributed by atoms with Crippen LogP contribution in [0.3, 0.4) is 0 Å². The summed E-state index contributed by atoms with van der Waals surface area (Å²) in [5.41, 5.74) is 1.69. The number of hydrogen-bond acceptors (Lipinski definition) is 3. The molecule has 0 fully saturated rings. The third-order valence-corrected chi connectivity index (χ3v) is 3.34. The Morgan fingerprint density at radius 3 is 2.30 bits per heavy atom.